The van der Waals surface area contributed by atoms with Gasteiger partial charge in [-0.05, 0) is 24.6 Å². The Morgan fingerprint density at radius 3 is 2.28 bits per heavy atom. The van der Waals surface area contributed by atoms with Crippen molar-refractivity contribution >= 4 is 10.9 Å². The SMILES string of the molecule is Cc1cc(-c2ccccc2)nc2ccccc12.[Ir]. The molecule has 0 bridgehead atoms. The zero-order chi connectivity index (χ0) is 11.7. The van der Waals surface area contributed by atoms with Gasteiger partial charge in [-0.2, -0.15) is 0 Å². The van der Waals surface area contributed by atoms with E-state index in [1.807, 2.05) is 24.3 Å². The first-order valence-corrected chi connectivity index (χ1v) is 5.76. The van der Waals surface area contributed by atoms with Crippen molar-refractivity contribution in [1.29, 1.82) is 0 Å². The van der Waals surface area contributed by atoms with Crippen LogP contribution in [0.4, 0.5) is 0 Å². The summed E-state index contributed by atoms with van der Waals surface area (Å²) in [6.45, 7) is 2.14. The zero-order valence-corrected chi connectivity index (χ0v) is 12.4. The molecule has 0 amide bonds. The molecule has 2 aromatic carbocycles. The molecule has 0 saturated carbocycles. The number of fused-ring (bicyclic) bond motifs is 1. The summed E-state index contributed by atoms with van der Waals surface area (Å²) in [5.74, 6) is 0. The molecule has 1 nitrogen and oxygen atoms in total. The Morgan fingerprint density at radius 2 is 1.50 bits per heavy atom. The van der Waals surface area contributed by atoms with Gasteiger partial charge in [0.1, 0.15) is 0 Å². The molecule has 91 valence electrons. The molecule has 0 atom stereocenters. The first-order chi connectivity index (χ1) is 8.34. The summed E-state index contributed by atoms with van der Waals surface area (Å²) in [5.41, 5.74) is 4.55. The zero-order valence-electron chi connectivity index (χ0n) is 10.1. The number of hydrogen-bond donors (Lipinski definition) is 0. The van der Waals surface area contributed by atoms with E-state index in [0.29, 0.717) is 0 Å². The molecule has 1 radical (unpaired) electrons. The Morgan fingerprint density at radius 1 is 0.833 bits per heavy atom. The Balaban J connectivity index is 0.00000120. The van der Waals surface area contributed by atoms with Crippen LogP contribution in [-0.4, -0.2) is 4.98 Å². The molecule has 1 heterocycles. The number of pyridine rings is 1. The molecule has 2 heteroatoms. The first kappa shape index (κ1) is 12.9. The van der Waals surface area contributed by atoms with E-state index >= 15 is 0 Å². The number of aryl methyl sites for hydroxylation is 1. The summed E-state index contributed by atoms with van der Waals surface area (Å²) < 4.78 is 0. The van der Waals surface area contributed by atoms with E-state index in [2.05, 4.69) is 43.3 Å². The van der Waals surface area contributed by atoms with E-state index in [4.69, 9.17) is 4.98 Å². The van der Waals surface area contributed by atoms with Gasteiger partial charge in [0.15, 0.2) is 0 Å². The van der Waals surface area contributed by atoms with Crippen molar-refractivity contribution in [3.8, 4) is 11.3 Å². The normalized spacial score (nSPS) is 10.1. The third-order valence-corrected chi connectivity index (χ3v) is 2.99. The molecule has 3 aromatic rings. The molecule has 0 aliphatic heterocycles. The van der Waals surface area contributed by atoms with E-state index in [-0.39, 0.29) is 20.1 Å². The van der Waals surface area contributed by atoms with Crippen LogP contribution in [0.1, 0.15) is 5.56 Å². The van der Waals surface area contributed by atoms with Crippen molar-refractivity contribution in [2.45, 2.75) is 6.92 Å². The fourth-order valence-corrected chi connectivity index (χ4v) is 2.11. The van der Waals surface area contributed by atoms with Crippen LogP contribution in [0.2, 0.25) is 0 Å². The summed E-state index contributed by atoms with van der Waals surface area (Å²) in [7, 11) is 0. The van der Waals surface area contributed by atoms with Crippen LogP contribution in [0.3, 0.4) is 0 Å². The summed E-state index contributed by atoms with van der Waals surface area (Å²) in [4.78, 5) is 4.71. The Bertz CT molecular complexity index is 662. The second-order valence-electron chi connectivity index (χ2n) is 4.21. The topological polar surface area (TPSA) is 12.9 Å². The maximum Gasteiger partial charge on any atom is 0.0712 e. The molecule has 0 N–H and O–H groups in total. The van der Waals surface area contributed by atoms with Crippen molar-refractivity contribution in [2.24, 2.45) is 0 Å². The molecule has 3 rings (SSSR count). The van der Waals surface area contributed by atoms with Gasteiger partial charge in [0.2, 0.25) is 0 Å². The van der Waals surface area contributed by atoms with E-state index < -0.39 is 0 Å². The molecule has 0 fully saturated rings. The third kappa shape index (κ3) is 2.35. The van der Waals surface area contributed by atoms with E-state index in [9.17, 15) is 0 Å². The molecule has 0 spiro atoms. The van der Waals surface area contributed by atoms with Gasteiger partial charge in [0, 0.05) is 31.1 Å². The van der Waals surface area contributed by atoms with Crippen molar-refractivity contribution < 1.29 is 20.1 Å². The third-order valence-electron chi connectivity index (χ3n) is 2.99. The number of hydrogen-bond acceptors (Lipinski definition) is 1. The average Bonchev–Trinajstić information content (AvgIpc) is 2.40. The van der Waals surface area contributed by atoms with Crippen LogP contribution in [0, 0.1) is 6.92 Å². The number of rotatable bonds is 1. The maximum absolute atomic E-state index is 4.71. The van der Waals surface area contributed by atoms with E-state index in [1.165, 1.54) is 16.5 Å². The minimum Gasteiger partial charge on any atom is -0.248 e. The van der Waals surface area contributed by atoms with Crippen LogP contribution in [-0.2, 0) is 20.1 Å². The number of aromatic nitrogens is 1. The van der Waals surface area contributed by atoms with E-state index in [1.54, 1.807) is 0 Å². The molecule has 18 heavy (non-hydrogen) atoms. The number of benzene rings is 2. The first-order valence-electron chi connectivity index (χ1n) is 5.76. The van der Waals surface area contributed by atoms with Gasteiger partial charge in [-0.15, -0.1) is 0 Å². The monoisotopic (exact) mass is 412 g/mol. The Hall–Kier alpha value is -1.50. The van der Waals surface area contributed by atoms with Gasteiger partial charge in [0.25, 0.3) is 0 Å². The van der Waals surface area contributed by atoms with Gasteiger partial charge in [-0.3, -0.25) is 0 Å². The molecular formula is C16H13IrN. The smallest absolute Gasteiger partial charge is 0.0712 e. The van der Waals surface area contributed by atoms with Crippen LogP contribution >= 0.6 is 0 Å². The quantitative estimate of drug-likeness (QED) is 0.585. The standard InChI is InChI=1S/C16H13N.Ir/c1-12-11-16(13-7-3-2-4-8-13)17-15-10-6-5-9-14(12)15;/h2-11H,1H3;. The second-order valence-corrected chi connectivity index (χ2v) is 4.21. The predicted octanol–water partition coefficient (Wildman–Crippen LogP) is 4.21. The van der Waals surface area contributed by atoms with Gasteiger partial charge >= 0.3 is 0 Å². The van der Waals surface area contributed by atoms with Gasteiger partial charge in [0.05, 0.1) is 11.2 Å². The second kappa shape index (κ2) is 5.43. The number of para-hydroxylation sites is 1. The van der Waals surface area contributed by atoms with Crippen molar-refractivity contribution in [3.63, 3.8) is 0 Å². The van der Waals surface area contributed by atoms with Crippen LogP contribution < -0.4 is 0 Å². The van der Waals surface area contributed by atoms with Crippen molar-refractivity contribution in [2.75, 3.05) is 0 Å². The van der Waals surface area contributed by atoms with Gasteiger partial charge in [-0.25, -0.2) is 4.98 Å². The summed E-state index contributed by atoms with van der Waals surface area (Å²) in [5, 5.41) is 1.23. The minimum atomic E-state index is 0. The minimum absolute atomic E-state index is 0. The summed E-state index contributed by atoms with van der Waals surface area (Å²) in [6.07, 6.45) is 0. The molecular weight excluding hydrogens is 398 g/mol. The molecule has 0 aliphatic rings. The van der Waals surface area contributed by atoms with Crippen molar-refractivity contribution in [1.82, 2.24) is 4.98 Å². The van der Waals surface area contributed by atoms with Crippen LogP contribution in [0.25, 0.3) is 22.2 Å². The Kier molecular flexibility index (Phi) is 3.90. The fourth-order valence-electron chi connectivity index (χ4n) is 2.11. The van der Waals surface area contributed by atoms with Gasteiger partial charge in [-0.1, -0.05) is 48.5 Å². The summed E-state index contributed by atoms with van der Waals surface area (Å²) >= 11 is 0. The maximum atomic E-state index is 4.71. The number of nitrogens with zero attached hydrogens (tertiary/aromatic N) is 1. The fraction of sp³-hybridized carbons (Fsp3) is 0.0625. The van der Waals surface area contributed by atoms with Crippen molar-refractivity contribution in [3.05, 3.63) is 66.2 Å². The molecule has 1 aromatic heterocycles. The molecule has 0 unspecified atom stereocenters. The van der Waals surface area contributed by atoms with Crippen LogP contribution in [0.15, 0.2) is 60.7 Å². The predicted molar refractivity (Wildman–Crippen MR) is 71.9 cm³/mol. The largest absolute Gasteiger partial charge is 0.248 e. The van der Waals surface area contributed by atoms with Gasteiger partial charge < -0.3 is 0 Å². The average molecular weight is 412 g/mol. The summed E-state index contributed by atoms with van der Waals surface area (Å²) in [6, 6.07) is 20.7. The Labute approximate surface area is 120 Å². The molecule has 0 saturated heterocycles. The van der Waals surface area contributed by atoms with E-state index in [0.717, 1.165) is 11.2 Å². The van der Waals surface area contributed by atoms with Crippen LogP contribution in [0.5, 0.6) is 0 Å². The molecule has 0 aliphatic carbocycles.